The topological polar surface area (TPSA) is 79.4 Å². The van der Waals surface area contributed by atoms with Crippen LogP contribution in [0.15, 0.2) is 36.7 Å². The Bertz CT molecular complexity index is 1060. The van der Waals surface area contributed by atoms with Crippen molar-refractivity contribution in [1.29, 1.82) is 0 Å². The van der Waals surface area contributed by atoms with E-state index in [9.17, 15) is 9.18 Å². The zero-order chi connectivity index (χ0) is 21.7. The summed E-state index contributed by atoms with van der Waals surface area (Å²) in [7, 11) is 5.46. The standard InChI is InChI=1S/C21H23ClFN5O2/c1-28(2)8-4-5-20(29)27-18-10-14-17(11-19(18)30-3)24-12-25-21(14)26-13-6-7-16(23)15(22)9-13/h6-7,9-12H,4-5,8H2,1-3H3,(H,27,29)(H,24,25,26). The molecule has 0 aliphatic heterocycles. The van der Waals surface area contributed by atoms with Crippen LogP contribution in [0.25, 0.3) is 10.9 Å². The fourth-order valence-electron chi connectivity index (χ4n) is 2.93. The highest BCUT2D eigenvalue weighted by Crippen LogP contribution is 2.33. The number of carbonyl (C=O) groups excluding carboxylic acids is 1. The van der Waals surface area contributed by atoms with Gasteiger partial charge in [-0.15, -0.1) is 0 Å². The lowest BCUT2D eigenvalue weighted by Gasteiger charge is -2.14. The minimum atomic E-state index is -0.501. The molecule has 0 saturated carbocycles. The number of rotatable bonds is 8. The number of carbonyl (C=O) groups is 1. The second-order valence-corrected chi connectivity index (χ2v) is 7.41. The third kappa shape index (κ3) is 5.34. The molecule has 0 spiro atoms. The third-order valence-electron chi connectivity index (χ3n) is 4.42. The molecule has 3 aromatic rings. The van der Waals surface area contributed by atoms with E-state index < -0.39 is 5.82 Å². The zero-order valence-electron chi connectivity index (χ0n) is 17.0. The van der Waals surface area contributed by atoms with Crippen molar-refractivity contribution in [2.24, 2.45) is 0 Å². The fraction of sp³-hybridized carbons (Fsp3) is 0.286. The molecule has 1 heterocycles. The average Bonchev–Trinajstić information content (AvgIpc) is 2.70. The van der Waals surface area contributed by atoms with E-state index in [-0.39, 0.29) is 10.9 Å². The molecule has 9 heteroatoms. The summed E-state index contributed by atoms with van der Waals surface area (Å²) < 4.78 is 18.9. The molecule has 7 nitrogen and oxygen atoms in total. The maximum absolute atomic E-state index is 13.4. The van der Waals surface area contributed by atoms with Crippen molar-refractivity contribution < 1.29 is 13.9 Å². The molecule has 1 amide bonds. The van der Waals surface area contributed by atoms with E-state index in [1.807, 2.05) is 19.0 Å². The normalized spacial score (nSPS) is 11.0. The van der Waals surface area contributed by atoms with Crippen molar-refractivity contribution in [1.82, 2.24) is 14.9 Å². The maximum atomic E-state index is 13.4. The van der Waals surface area contributed by atoms with Crippen LogP contribution in [-0.4, -0.2) is 48.5 Å². The van der Waals surface area contributed by atoms with Gasteiger partial charge in [-0.2, -0.15) is 0 Å². The van der Waals surface area contributed by atoms with E-state index >= 15 is 0 Å². The number of methoxy groups -OCH3 is 1. The molecule has 30 heavy (non-hydrogen) atoms. The second-order valence-electron chi connectivity index (χ2n) is 7.00. The largest absolute Gasteiger partial charge is 0.494 e. The first-order valence-electron chi connectivity index (χ1n) is 9.37. The molecular formula is C21H23ClFN5O2. The summed E-state index contributed by atoms with van der Waals surface area (Å²) in [4.78, 5) is 22.9. The van der Waals surface area contributed by atoms with Gasteiger partial charge in [-0.05, 0) is 51.3 Å². The Balaban J connectivity index is 1.89. The molecule has 3 rings (SSSR count). The summed E-state index contributed by atoms with van der Waals surface area (Å²) in [6, 6.07) is 7.80. The number of nitrogens with one attached hydrogen (secondary N) is 2. The van der Waals surface area contributed by atoms with E-state index in [2.05, 4.69) is 20.6 Å². The summed E-state index contributed by atoms with van der Waals surface area (Å²) >= 11 is 5.87. The van der Waals surface area contributed by atoms with E-state index in [0.717, 1.165) is 13.0 Å². The van der Waals surface area contributed by atoms with Gasteiger partial charge in [0, 0.05) is 23.6 Å². The quantitative estimate of drug-likeness (QED) is 0.548. The lowest BCUT2D eigenvalue weighted by Crippen LogP contribution is -2.17. The van der Waals surface area contributed by atoms with Crippen molar-refractivity contribution in [2.45, 2.75) is 12.8 Å². The van der Waals surface area contributed by atoms with Crippen LogP contribution in [0, 0.1) is 5.82 Å². The number of amides is 1. The number of hydrogen-bond donors (Lipinski definition) is 2. The number of hydrogen-bond acceptors (Lipinski definition) is 6. The van der Waals surface area contributed by atoms with Gasteiger partial charge in [-0.3, -0.25) is 4.79 Å². The van der Waals surface area contributed by atoms with Crippen molar-refractivity contribution >= 4 is 45.6 Å². The number of nitrogens with zero attached hydrogens (tertiary/aromatic N) is 3. The molecule has 0 fully saturated rings. The molecule has 0 aliphatic carbocycles. The molecule has 2 N–H and O–H groups in total. The molecule has 1 aromatic heterocycles. The van der Waals surface area contributed by atoms with Crippen LogP contribution in [0.4, 0.5) is 21.6 Å². The third-order valence-corrected chi connectivity index (χ3v) is 4.71. The SMILES string of the molecule is COc1cc2ncnc(Nc3ccc(F)c(Cl)c3)c2cc1NC(=O)CCCN(C)C. The Morgan fingerprint density at radius 3 is 2.73 bits per heavy atom. The number of benzene rings is 2. The zero-order valence-corrected chi connectivity index (χ0v) is 17.8. The molecule has 2 aromatic carbocycles. The van der Waals surface area contributed by atoms with Crippen molar-refractivity contribution in [3.8, 4) is 5.75 Å². The van der Waals surface area contributed by atoms with Gasteiger partial charge >= 0.3 is 0 Å². The molecule has 0 unspecified atom stereocenters. The monoisotopic (exact) mass is 431 g/mol. The summed E-state index contributed by atoms with van der Waals surface area (Å²) in [5.41, 5.74) is 1.73. The Hall–Kier alpha value is -2.97. The predicted molar refractivity (Wildman–Crippen MR) is 117 cm³/mol. The summed E-state index contributed by atoms with van der Waals surface area (Å²) in [6.45, 7) is 0.824. The summed E-state index contributed by atoms with van der Waals surface area (Å²) in [5.74, 6) is 0.385. The molecule has 158 valence electrons. The lowest BCUT2D eigenvalue weighted by atomic mass is 10.1. The first kappa shape index (κ1) is 21.7. The second kappa shape index (κ2) is 9.69. The van der Waals surface area contributed by atoms with Gasteiger partial charge in [0.25, 0.3) is 0 Å². The molecule has 0 aliphatic rings. The van der Waals surface area contributed by atoms with Crippen LogP contribution in [-0.2, 0) is 4.79 Å². The number of halogens is 2. The summed E-state index contributed by atoms with van der Waals surface area (Å²) in [5, 5.41) is 6.69. The Morgan fingerprint density at radius 1 is 1.23 bits per heavy atom. The van der Waals surface area contributed by atoms with Crippen molar-refractivity contribution in [3.63, 3.8) is 0 Å². The van der Waals surface area contributed by atoms with Gasteiger partial charge < -0.3 is 20.3 Å². The number of anilines is 3. The van der Waals surface area contributed by atoms with Crippen molar-refractivity contribution in [3.05, 3.63) is 47.5 Å². The Labute approximate surface area is 179 Å². The van der Waals surface area contributed by atoms with E-state index in [1.54, 1.807) is 18.2 Å². The van der Waals surface area contributed by atoms with E-state index in [4.69, 9.17) is 16.3 Å². The number of ether oxygens (including phenoxy) is 1. The minimum Gasteiger partial charge on any atom is -0.494 e. The first-order valence-corrected chi connectivity index (χ1v) is 9.74. The van der Waals surface area contributed by atoms with Crippen LogP contribution < -0.4 is 15.4 Å². The smallest absolute Gasteiger partial charge is 0.224 e. The average molecular weight is 432 g/mol. The van der Waals surface area contributed by atoms with Crippen LogP contribution in [0.3, 0.4) is 0 Å². The van der Waals surface area contributed by atoms with Gasteiger partial charge in [0.2, 0.25) is 5.91 Å². The van der Waals surface area contributed by atoms with Gasteiger partial charge in [0.1, 0.15) is 23.7 Å². The number of fused-ring (bicyclic) bond motifs is 1. The van der Waals surface area contributed by atoms with Gasteiger partial charge in [-0.25, -0.2) is 14.4 Å². The highest BCUT2D eigenvalue weighted by Gasteiger charge is 2.13. The molecule has 0 saturated heterocycles. The van der Waals surface area contributed by atoms with Crippen LogP contribution in [0.2, 0.25) is 5.02 Å². The highest BCUT2D eigenvalue weighted by molar-refractivity contribution is 6.31. The highest BCUT2D eigenvalue weighted by atomic mass is 35.5. The van der Waals surface area contributed by atoms with E-state index in [0.29, 0.717) is 40.3 Å². The van der Waals surface area contributed by atoms with Gasteiger partial charge in [0.15, 0.2) is 0 Å². The van der Waals surface area contributed by atoms with Crippen molar-refractivity contribution in [2.75, 3.05) is 38.4 Å². The van der Waals surface area contributed by atoms with Gasteiger partial charge in [-0.1, -0.05) is 11.6 Å². The molecule has 0 radical (unpaired) electrons. The van der Waals surface area contributed by atoms with Crippen LogP contribution in [0.5, 0.6) is 5.75 Å². The molecule has 0 atom stereocenters. The maximum Gasteiger partial charge on any atom is 0.224 e. The van der Waals surface area contributed by atoms with Crippen LogP contribution in [0.1, 0.15) is 12.8 Å². The Kier molecular flexibility index (Phi) is 7.02. The lowest BCUT2D eigenvalue weighted by molar-refractivity contribution is -0.116. The number of aromatic nitrogens is 2. The molecular weight excluding hydrogens is 409 g/mol. The fourth-order valence-corrected chi connectivity index (χ4v) is 3.11. The first-order chi connectivity index (χ1) is 14.4. The Morgan fingerprint density at radius 2 is 2.03 bits per heavy atom. The predicted octanol–water partition coefficient (Wildman–Crippen LogP) is 4.45. The minimum absolute atomic E-state index is 0.00528. The van der Waals surface area contributed by atoms with E-state index in [1.165, 1.54) is 25.6 Å². The molecule has 0 bridgehead atoms. The van der Waals surface area contributed by atoms with Crippen LogP contribution >= 0.6 is 11.6 Å². The summed E-state index contributed by atoms with van der Waals surface area (Å²) in [6.07, 6.45) is 2.55. The van der Waals surface area contributed by atoms with Gasteiger partial charge in [0.05, 0.1) is 23.3 Å².